The third-order valence-electron chi connectivity index (χ3n) is 4.89. The summed E-state index contributed by atoms with van der Waals surface area (Å²) < 4.78 is 0. The molecular formula is C15H29NO. The van der Waals surface area contributed by atoms with Crippen LogP contribution in [0.1, 0.15) is 71.1 Å². The quantitative estimate of drug-likeness (QED) is 0.789. The van der Waals surface area contributed by atoms with Crippen molar-refractivity contribution in [2.75, 3.05) is 6.54 Å². The van der Waals surface area contributed by atoms with Crippen LogP contribution >= 0.6 is 0 Å². The van der Waals surface area contributed by atoms with Gasteiger partial charge < -0.3 is 10.4 Å². The van der Waals surface area contributed by atoms with Gasteiger partial charge in [0.1, 0.15) is 0 Å². The molecule has 2 N–H and O–H groups in total. The highest BCUT2D eigenvalue weighted by Crippen LogP contribution is 2.29. The van der Waals surface area contributed by atoms with Crippen molar-refractivity contribution >= 4 is 0 Å². The van der Waals surface area contributed by atoms with Gasteiger partial charge in [0.2, 0.25) is 0 Å². The Kier molecular flexibility index (Phi) is 4.87. The highest BCUT2D eigenvalue weighted by molar-refractivity contribution is 4.86. The fraction of sp³-hybridized carbons (Fsp3) is 1.00. The molecule has 0 aromatic heterocycles. The molecule has 2 nitrogen and oxygen atoms in total. The molecule has 0 aliphatic heterocycles. The molecule has 2 fully saturated rings. The smallest absolute Gasteiger partial charge is 0.0771 e. The Morgan fingerprint density at radius 1 is 1.06 bits per heavy atom. The van der Waals surface area contributed by atoms with Gasteiger partial charge in [-0.25, -0.2) is 0 Å². The molecule has 0 amide bonds. The maximum Gasteiger partial charge on any atom is 0.0771 e. The van der Waals surface area contributed by atoms with Gasteiger partial charge in [0.25, 0.3) is 0 Å². The predicted octanol–water partition coefficient (Wildman–Crippen LogP) is 3.24. The zero-order valence-corrected chi connectivity index (χ0v) is 11.4. The first-order valence-electron chi connectivity index (χ1n) is 7.65. The van der Waals surface area contributed by atoms with Gasteiger partial charge in [-0.1, -0.05) is 38.5 Å². The summed E-state index contributed by atoms with van der Waals surface area (Å²) in [5.74, 6) is 0.843. The summed E-state index contributed by atoms with van der Waals surface area (Å²) in [6, 6.07) is 0.584. The van der Waals surface area contributed by atoms with Crippen molar-refractivity contribution in [3.8, 4) is 0 Å². The highest BCUT2D eigenvalue weighted by Gasteiger charge is 2.30. The number of hydrogen-bond acceptors (Lipinski definition) is 2. The molecule has 0 unspecified atom stereocenters. The van der Waals surface area contributed by atoms with Crippen LogP contribution < -0.4 is 5.32 Å². The van der Waals surface area contributed by atoms with Gasteiger partial charge in [-0.3, -0.25) is 0 Å². The summed E-state index contributed by atoms with van der Waals surface area (Å²) in [7, 11) is 0. The van der Waals surface area contributed by atoms with Crippen molar-refractivity contribution in [1.29, 1.82) is 0 Å². The van der Waals surface area contributed by atoms with Crippen LogP contribution in [0.2, 0.25) is 0 Å². The zero-order valence-electron chi connectivity index (χ0n) is 11.4. The van der Waals surface area contributed by atoms with Crippen LogP contribution in [0.15, 0.2) is 0 Å². The summed E-state index contributed by atoms with van der Waals surface area (Å²) >= 11 is 0. The lowest BCUT2D eigenvalue weighted by molar-refractivity contribution is 0.00101. The van der Waals surface area contributed by atoms with Crippen molar-refractivity contribution < 1.29 is 5.11 Å². The van der Waals surface area contributed by atoms with Gasteiger partial charge in [0, 0.05) is 12.6 Å². The van der Waals surface area contributed by atoms with Crippen molar-refractivity contribution in [1.82, 2.24) is 5.32 Å². The minimum absolute atomic E-state index is 0.402. The van der Waals surface area contributed by atoms with Gasteiger partial charge >= 0.3 is 0 Å². The molecule has 100 valence electrons. The molecule has 2 aliphatic rings. The van der Waals surface area contributed by atoms with Crippen LogP contribution in [0.3, 0.4) is 0 Å². The standard InChI is InChI=1S/C15H29NO/c1-13(14-8-4-2-5-9-14)16-12-15(17)10-6-3-7-11-15/h13-14,16-17H,2-12H2,1H3/t13-/m1/s1. The van der Waals surface area contributed by atoms with E-state index in [9.17, 15) is 5.11 Å². The highest BCUT2D eigenvalue weighted by atomic mass is 16.3. The summed E-state index contributed by atoms with van der Waals surface area (Å²) in [5, 5.41) is 14.1. The Hall–Kier alpha value is -0.0800. The summed E-state index contributed by atoms with van der Waals surface area (Å²) in [6.07, 6.45) is 12.7. The average Bonchev–Trinajstić information content (AvgIpc) is 2.38. The first-order valence-corrected chi connectivity index (χ1v) is 7.65. The fourth-order valence-corrected chi connectivity index (χ4v) is 3.54. The molecule has 0 aromatic rings. The second-order valence-electron chi connectivity index (χ2n) is 6.35. The molecule has 0 aromatic carbocycles. The lowest BCUT2D eigenvalue weighted by Crippen LogP contribution is -2.47. The fourth-order valence-electron chi connectivity index (χ4n) is 3.54. The normalized spacial score (nSPS) is 27.9. The predicted molar refractivity (Wildman–Crippen MR) is 72.1 cm³/mol. The Morgan fingerprint density at radius 2 is 1.65 bits per heavy atom. The molecule has 2 heteroatoms. The van der Waals surface area contributed by atoms with Gasteiger partial charge in [0.15, 0.2) is 0 Å². The van der Waals surface area contributed by atoms with Gasteiger partial charge in [0.05, 0.1) is 5.60 Å². The first-order chi connectivity index (χ1) is 8.20. The third-order valence-corrected chi connectivity index (χ3v) is 4.89. The summed E-state index contributed by atoms with van der Waals surface area (Å²) in [6.45, 7) is 3.12. The molecule has 2 saturated carbocycles. The summed E-state index contributed by atoms with van der Waals surface area (Å²) in [5.41, 5.74) is -0.402. The first kappa shape index (κ1) is 13.4. The Balaban J connectivity index is 1.72. The second kappa shape index (κ2) is 6.19. The maximum absolute atomic E-state index is 10.5. The Labute approximate surface area is 106 Å². The van der Waals surface area contributed by atoms with E-state index in [2.05, 4.69) is 12.2 Å². The Morgan fingerprint density at radius 3 is 2.29 bits per heavy atom. The van der Waals surface area contributed by atoms with E-state index in [4.69, 9.17) is 0 Å². The largest absolute Gasteiger partial charge is 0.389 e. The van der Waals surface area contributed by atoms with Crippen molar-refractivity contribution in [2.45, 2.75) is 82.8 Å². The van der Waals surface area contributed by atoms with E-state index in [0.29, 0.717) is 6.04 Å². The van der Waals surface area contributed by atoms with E-state index >= 15 is 0 Å². The molecule has 1 atom stereocenters. The second-order valence-corrected chi connectivity index (χ2v) is 6.35. The molecular weight excluding hydrogens is 210 g/mol. The molecule has 2 rings (SSSR count). The van der Waals surface area contributed by atoms with Crippen molar-refractivity contribution in [3.63, 3.8) is 0 Å². The molecule has 2 aliphatic carbocycles. The van der Waals surface area contributed by atoms with Crippen molar-refractivity contribution in [2.24, 2.45) is 5.92 Å². The number of aliphatic hydroxyl groups is 1. The van der Waals surface area contributed by atoms with Crippen LogP contribution in [0.4, 0.5) is 0 Å². The average molecular weight is 239 g/mol. The minimum Gasteiger partial charge on any atom is -0.389 e. The van der Waals surface area contributed by atoms with Gasteiger partial charge in [-0.15, -0.1) is 0 Å². The molecule has 0 saturated heterocycles. The number of nitrogens with one attached hydrogen (secondary N) is 1. The van der Waals surface area contributed by atoms with E-state index in [1.807, 2.05) is 0 Å². The zero-order chi connectivity index (χ0) is 12.1. The van der Waals surface area contributed by atoms with E-state index in [-0.39, 0.29) is 0 Å². The lowest BCUT2D eigenvalue weighted by Gasteiger charge is -2.35. The van der Waals surface area contributed by atoms with E-state index in [0.717, 1.165) is 25.3 Å². The molecule has 0 spiro atoms. The minimum atomic E-state index is -0.402. The SMILES string of the molecule is C[C@@H](NCC1(O)CCCCC1)C1CCCCC1. The van der Waals surface area contributed by atoms with Crippen LogP contribution in [-0.2, 0) is 0 Å². The van der Waals surface area contributed by atoms with Gasteiger partial charge in [-0.05, 0) is 38.5 Å². The maximum atomic E-state index is 10.5. The van der Waals surface area contributed by atoms with Crippen LogP contribution in [0, 0.1) is 5.92 Å². The van der Waals surface area contributed by atoms with E-state index in [1.54, 1.807) is 0 Å². The van der Waals surface area contributed by atoms with E-state index < -0.39 is 5.60 Å². The molecule has 0 heterocycles. The number of hydrogen-bond donors (Lipinski definition) is 2. The monoisotopic (exact) mass is 239 g/mol. The number of rotatable bonds is 4. The Bertz CT molecular complexity index is 217. The lowest BCUT2D eigenvalue weighted by atomic mass is 9.82. The third kappa shape index (κ3) is 3.96. The van der Waals surface area contributed by atoms with E-state index in [1.165, 1.54) is 51.4 Å². The summed E-state index contributed by atoms with van der Waals surface area (Å²) in [4.78, 5) is 0. The van der Waals surface area contributed by atoms with Crippen LogP contribution in [0.5, 0.6) is 0 Å². The van der Waals surface area contributed by atoms with Crippen molar-refractivity contribution in [3.05, 3.63) is 0 Å². The molecule has 17 heavy (non-hydrogen) atoms. The van der Waals surface area contributed by atoms with Gasteiger partial charge in [-0.2, -0.15) is 0 Å². The van der Waals surface area contributed by atoms with Crippen LogP contribution in [0.25, 0.3) is 0 Å². The molecule has 0 radical (unpaired) electrons. The topological polar surface area (TPSA) is 32.3 Å². The van der Waals surface area contributed by atoms with Crippen LogP contribution in [-0.4, -0.2) is 23.3 Å². The molecule has 0 bridgehead atoms.